The predicted molar refractivity (Wildman–Crippen MR) is 94.4 cm³/mol. The summed E-state index contributed by atoms with van der Waals surface area (Å²) in [5.41, 5.74) is 7.07. The number of hydrogen-bond acceptors (Lipinski definition) is 4. The summed E-state index contributed by atoms with van der Waals surface area (Å²) in [4.78, 5) is 16.8. The second-order valence-corrected chi connectivity index (χ2v) is 8.76. The number of hydrogen-bond donors (Lipinski definition) is 2. The minimum absolute atomic E-state index is 0.0439. The van der Waals surface area contributed by atoms with E-state index in [1.165, 1.54) is 30.6 Å². The Morgan fingerprint density at radius 2 is 2.30 bits per heavy atom. The van der Waals surface area contributed by atoms with E-state index in [1.54, 1.807) is 0 Å². The molecule has 128 valence electrons. The highest BCUT2D eigenvalue weighted by Gasteiger charge is 2.53. The number of nitrogens with one attached hydrogen (secondary N) is 1. The molecule has 1 aromatic rings. The van der Waals surface area contributed by atoms with Crippen molar-refractivity contribution in [2.75, 3.05) is 6.54 Å². The SMILES string of the molecule is CCCC(N)c1nc(C(=O)NCC2CCC3CC2C3(C)C)cs1. The Bertz CT molecular complexity index is 566. The summed E-state index contributed by atoms with van der Waals surface area (Å²) in [5.74, 6) is 2.25. The zero-order valence-corrected chi connectivity index (χ0v) is 15.3. The van der Waals surface area contributed by atoms with Gasteiger partial charge in [-0.2, -0.15) is 0 Å². The Morgan fingerprint density at radius 1 is 1.52 bits per heavy atom. The maximum atomic E-state index is 12.4. The normalized spacial score (nSPS) is 29.7. The topological polar surface area (TPSA) is 68.0 Å². The lowest BCUT2D eigenvalue weighted by molar-refractivity contribution is -0.103. The molecule has 3 fully saturated rings. The molecule has 0 saturated heterocycles. The van der Waals surface area contributed by atoms with Crippen LogP contribution in [0, 0.1) is 23.2 Å². The fourth-order valence-electron chi connectivity index (χ4n) is 4.52. The van der Waals surface area contributed by atoms with Gasteiger partial charge in [0.15, 0.2) is 0 Å². The third-order valence-corrected chi connectivity index (χ3v) is 7.17. The van der Waals surface area contributed by atoms with Crippen molar-refractivity contribution < 1.29 is 4.79 Å². The van der Waals surface area contributed by atoms with Gasteiger partial charge in [-0.05, 0) is 48.9 Å². The molecule has 3 aliphatic rings. The van der Waals surface area contributed by atoms with Crippen LogP contribution in [0.15, 0.2) is 5.38 Å². The average Bonchev–Trinajstić information content (AvgIpc) is 3.03. The molecular weight excluding hydrogens is 306 g/mol. The number of nitrogens with zero attached hydrogens (tertiary/aromatic N) is 1. The van der Waals surface area contributed by atoms with Crippen LogP contribution < -0.4 is 11.1 Å². The van der Waals surface area contributed by atoms with E-state index in [2.05, 4.69) is 31.1 Å². The van der Waals surface area contributed by atoms with Gasteiger partial charge >= 0.3 is 0 Å². The smallest absolute Gasteiger partial charge is 0.270 e. The Balaban J connectivity index is 1.54. The zero-order chi connectivity index (χ0) is 16.6. The minimum Gasteiger partial charge on any atom is -0.350 e. The molecule has 0 radical (unpaired) electrons. The standard InChI is InChI=1S/C18H29N3OS/c1-4-5-14(19)17-21-15(10-23-17)16(22)20-9-11-6-7-12-8-13(11)18(12,2)3/h10-14H,4-9,19H2,1-3H3,(H,20,22). The molecule has 4 atom stereocenters. The summed E-state index contributed by atoms with van der Waals surface area (Å²) >= 11 is 1.50. The van der Waals surface area contributed by atoms with Crippen molar-refractivity contribution in [2.45, 2.75) is 58.9 Å². The second-order valence-electron chi connectivity index (χ2n) is 7.87. The molecule has 1 aromatic heterocycles. The maximum Gasteiger partial charge on any atom is 0.270 e. The number of nitrogens with two attached hydrogens (primary N) is 1. The highest BCUT2D eigenvalue weighted by Crippen LogP contribution is 2.61. The van der Waals surface area contributed by atoms with Gasteiger partial charge in [-0.25, -0.2) is 4.98 Å². The molecule has 5 heteroatoms. The molecule has 3 saturated carbocycles. The molecule has 4 rings (SSSR count). The fourth-order valence-corrected chi connectivity index (χ4v) is 5.35. The number of amides is 1. The average molecular weight is 336 g/mol. The fraction of sp³-hybridized carbons (Fsp3) is 0.778. The number of fused-ring (bicyclic) bond motifs is 2. The first-order valence-electron chi connectivity index (χ1n) is 8.92. The van der Waals surface area contributed by atoms with Gasteiger partial charge in [-0.1, -0.05) is 27.2 Å². The highest BCUT2D eigenvalue weighted by molar-refractivity contribution is 7.09. The van der Waals surface area contributed by atoms with Gasteiger partial charge in [-0.3, -0.25) is 4.79 Å². The Labute approximate surface area is 143 Å². The summed E-state index contributed by atoms with van der Waals surface area (Å²) in [5, 5.41) is 5.82. The number of thiazole rings is 1. The largest absolute Gasteiger partial charge is 0.350 e. The third kappa shape index (κ3) is 3.18. The van der Waals surface area contributed by atoms with Crippen LogP contribution in [0.25, 0.3) is 0 Å². The summed E-state index contributed by atoms with van der Waals surface area (Å²) in [7, 11) is 0. The van der Waals surface area contributed by atoms with Crippen LogP contribution in [0.3, 0.4) is 0 Å². The lowest BCUT2D eigenvalue weighted by atomic mass is 9.45. The Kier molecular flexibility index (Phi) is 4.79. The van der Waals surface area contributed by atoms with Crippen LogP contribution in [0.2, 0.25) is 0 Å². The van der Waals surface area contributed by atoms with Crippen LogP contribution in [0.1, 0.15) is 74.4 Å². The first kappa shape index (κ1) is 16.9. The molecular formula is C18H29N3OS. The quantitative estimate of drug-likeness (QED) is 0.832. The van der Waals surface area contributed by atoms with Crippen molar-refractivity contribution >= 4 is 17.2 Å². The molecule has 1 amide bonds. The Hall–Kier alpha value is -0.940. The number of carbonyl (C=O) groups is 1. The number of carbonyl (C=O) groups excluding carboxylic acids is 1. The van der Waals surface area contributed by atoms with Crippen LogP contribution in [-0.4, -0.2) is 17.4 Å². The van der Waals surface area contributed by atoms with E-state index < -0.39 is 0 Å². The minimum atomic E-state index is -0.0459. The van der Waals surface area contributed by atoms with Crippen molar-refractivity contribution in [3.63, 3.8) is 0 Å². The molecule has 0 aliphatic heterocycles. The molecule has 4 unspecified atom stereocenters. The van der Waals surface area contributed by atoms with E-state index in [-0.39, 0.29) is 11.9 Å². The van der Waals surface area contributed by atoms with E-state index in [4.69, 9.17) is 5.73 Å². The number of rotatable bonds is 6. The molecule has 3 aliphatic carbocycles. The van der Waals surface area contributed by atoms with Gasteiger partial charge in [0.2, 0.25) is 0 Å². The molecule has 1 heterocycles. The molecule has 0 spiro atoms. The highest BCUT2D eigenvalue weighted by atomic mass is 32.1. The summed E-state index contributed by atoms with van der Waals surface area (Å²) in [6.45, 7) is 7.68. The first-order chi connectivity index (χ1) is 10.9. The number of aromatic nitrogens is 1. The summed E-state index contributed by atoms with van der Waals surface area (Å²) in [6, 6.07) is -0.0439. The molecule has 3 N–H and O–H groups in total. The van der Waals surface area contributed by atoms with E-state index in [1.807, 2.05) is 5.38 Å². The van der Waals surface area contributed by atoms with Gasteiger partial charge in [0.1, 0.15) is 10.7 Å². The monoisotopic (exact) mass is 335 g/mol. The van der Waals surface area contributed by atoms with E-state index in [0.717, 1.165) is 36.2 Å². The lowest BCUT2D eigenvalue weighted by Crippen LogP contribution is -2.54. The van der Waals surface area contributed by atoms with Gasteiger partial charge < -0.3 is 11.1 Å². The predicted octanol–water partition coefficient (Wildman–Crippen LogP) is 3.75. The van der Waals surface area contributed by atoms with Gasteiger partial charge in [0.25, 0.3) is 5.91 Å². The summed E-state index contributed by atoms with van der Waals surface area (Å²) < 4.78 is 0. The van der Waals surface area contributed by atoms with Crippen LogP contribution >= 0.6 is 11.3 Å². The molecule has 2 bridgehead atoms. The molecule has 4 nitrogen and oxygen atoms in total. The van der Waals surface area contributed by atoms with Crippen LogP contribution in [0.5, 0.6) is 0 Å². The van der Waals surface area contributed by atoms with Crippen molar-refractivity contribution in [3.05, 3.63) is 16.1 Å². The zero-order valence-electron chi connectivity index (χ0n) is 14.5. The van der Waals surface area contributed by atoms with E-state index >= 15 is 0 Å². The van der Waals surface area contributed by atoms with Crippen molar-refractivity contribution in [1.29, 1.82) is 0 Å². The van der Waals surface area contributed by atoms with Gasteiger partial charge in [0, 0.05) is 11.9 Å². The van der Waals surface area contributed by atoms with Crippen molar-refractivity contribution in [3.8, 4) is 0 Å². The van der Waals surface area contributed by atoms with Crippen LogP contribution in [-0.2, 0) is 0 Å². The van der Waals surface area contributed by atoms with Gasteiger partial charge in [-0.15, -0.1) is 11.3 Å². The third-order valence-electron chi connectivity index (χ3n) is 6.20. The lowest BCUT2D eigenvalue weighted by Gasteiger charge is -2.60. The maximum absolute atomic E-state index is 12.4. The molecule has 0 aromatic carbocycles. The van der Waals surface area contributed by atoms with Gasteiger partial charge in [0.05, 0.1) is 6.04 Å². The van der Waals surface area contributed by atoms with Crippen LogP contribution in [0.4, 0.5) is 0 Å². The van der Waals surface area contributed by atoms with Crippen molar-refractivity contribution in [2.24, 2.45) is 28.9 Å². The van der Waals surface area contributed by atoms with E-state index in [0.29, 0.717) is 17.0 Å². The van der Waals surface area contributed by atoms with E-state index in [9.17, 15) is 4.79 Å². The Morgan fingerprint density at radius 3 is 2.96 bits per heavy atom. The second kappa shape index (κ2) is 6.52. The molecule has 23 heavy (non-hydrogen) atoms. The summed E-state index contributed by atoms with van der Waals surface area (Å²) in [6.07, 6.45) is 5.86. The van der Waals surface area contributed by atoms with Crippen molar-refractivity contribution in [1.82, 2.24) is 10.3 Å². The first-order valence-corrected chi connectivity index (χ1v) is 9.80.